The van der Waals surface area contributed by atoms with Gasteiger partial charge in [-0.25, -0.2) is 4.98 Å². The molecule has 1 aliphatic heterocycles. The van der Waals surface area contributed by atoms with E-state index in [2.05, 4.69) is 35.1 Å². The second-order valence-corrected chi connectivity index (χ2v) is 7.36. The quantitative estimate of drug-likeness (QED) is 0.807. The molecule has 0 saturated carbocycles. The molecule has 1 aromatic carbocycles. The zero-order valence-corrected chi connectivity index (χ0v) is 16.3. The average Bonchev–Trinajstić information content (AvgIpc) is 2.72. The summed E-state index contributed by atoms with van der Waals surface area (Å²) in [5, 5.41) is 2.89. The molecule has 1 aromatic heterocycles. The van der Waals surface area contributed by atoms with E-state index in [1.807, 2.05) is 36.5 Å². The Morgan fingerprint density at radius 3 is 2.70 bits per heavy atom. The molecular weight excluding hydrogens is 338 g/mol. The van der Waals surface area contributed by atoms with Gasteiger partial charge in [0.05, 0.1) is 0 Å². The lowest BCUT2D eigenvalue weighted by molar-refractivity contribution is -0.123. The molecule has 0 radical (unpaired) electrons. The average molecular weight is 367 g/mol. The third-order valence-electron chi connectivity index (χ3n) is 4.87. The summed E-state index contributed by atoms with van der Waals surface area (Å²) in [5.41, 5.74) is 2.19. The van der Waals surface area contributed by atoms with Crippen LogP contribution in [0.25, 0.3) is 0 Å². The molecule has 5 nitrogen and oxygen atoms in total. The van der Waals surface area contributed by atoms with Gasteiger partial charge in [-0.1, -0.05) is 32.0 Å². The molecular formula is C22H29N3O2. The summed E-state index contributed by atoms with van der Waals surface area (Å²) in [6, 6.07) is 12.0. The van der Waals surface area contributed by atoms with Crippen molar-refractivity contribution in [2.24, 2.45) is 0 Å². The highest BCUT2D eigenvalue weighted by Crippen LogP contribution is 2.20. The number of piperidine rings is 1. The molecule has 2 aromatic rings. The van der Waals surface area contributed by atoms with Crippen molar-refractivity contribution in [2.75, 3.05) is 24.6 Å². The molecule has 144 valence electrons. The van der Waals surface area contributed by atoms with E-state index in [0.717, 1.165) is 30.2 Å². The Morgan fingerprint density at radius 1 is 1.19 bits per heavy atom. The maximum Gasteiger partial charge on any atom is 0.258 e. The summed E-state index contributed by atoms with van der Waals surface area (Å²) in [5.74, 6) is 2.05. The van der Waals surface area contributed by atoms with Crippen LogP contribution in [0.5, 0.6) is 5.75 Å². The number of benzene rings is 1. The summed E-state index contributed by atoms with van der Waals surface area (Å²) >= 11 is 0. The minimum atomic E-state index is -0.134. The van der Waals surface area contributed by atoms with Crippen LogP contribution < -0.4 is 15.0 Å². The minimum absolute atomic E-state index is 0.0147. The van der Waals surface area contributed by atoms with Crippen LogP contribution in [0, 0.1) is 0 Å². The van der Waals surface area contributed by atoms with Gasteiger partial charge in [-0.05, 0) is 54.5 Å². The van der Waals surface area contributed by atoms with Crippen LogP contribution in [0.15, 0.2) is 42.6 Å². The van der Waals surface area contributed by atoms with Crippen LogP contribution in [-0.4, -0.2) is 30.6 Å². The van der Waals surface area contributed by atoms with Gasteiger partial charge < -0.3 is 15.0 Å². The number of carbonyl (C=O) groups is 1. The van der Waals surface area contributed by atoms with Crippen molar-refractivity contribution in [2.45, 2.75) is 45.6 Å². The highest BCUT2D eigenvalue weighted by atomic mass is 16.5. The zero-order chi connectivity index (χ0) is 19.1. The molecule has 0 bridgehead atoms. The first-order valence-electron chi connectivity index (χ1n) is 9.81. The van der Waals surface area contributed by atoms with Crippen molar-refractivity contribution < 1.29 is 9.53 Å². The molecule has 27 heavy (non-hydrogen) atoms. The van der Waals surface area contributed by atoms with Gasteiger partial charge in [-0.2, -0.15) is 0 Å². The predicted octanol–water partition coefficient (Wildman–Crippen LogP) is 3.89. The normalized spacial score (nSPS) is 14.3. The van der Waals surface area contributed by atoms with Crippen LogP contribution in [0.3, 0.4) is 0 Å². The lowest BCUT2D eigenvalue weighted by Crippen LogP contribution is -2.30. The first-order valence-corrected chi connectivity index (χ1v) is 9.81. The largest absolute Gasteiger partial charge is 0.484 e. The lowest BCUT2D eigenvalue weighted by atomic mass is 10.0. The highest BCUT2D eigenvalue weighted by Gasteiger charge is 2.12. The van der Waals surface area contributed by atoms with E-state index < -0.39 is 0 Å². The number of rotatable bonds is 7. The van der Waals surface area contributed by atoms with E-state index in [4.69, 9.17) is 4.74 Å². The number of nitrogens with one attached hydrogen (secondary N) is 1. The number of aromatic nitrogens is 1. The Balaban J connectivity index is 1.44. The number of nitrogens with zero attached hydrogens (tertiary/aromatic N) is 2. The van der Waals surface area contributed by atoms with E-state index in [0.29, 0.717) is 12.5 Å². The molecule has 1 aliphatic rings. The number of amides is 1. The van der Waals surface area contributed by atoms with Crippen molar-refractivity contribution in [3.8, 4) is 5.75 Å². The van der Waals surface area contributed by atoms with Gasteiger partial charge in [-0.15, -0.1) is 0 Å². The van der Waals surface area contributed by atoms with Crippen molar-refractivity contribution in [3.63, 3.8) is 0 Å². The van der Waals surface area contributed by atoms with Gasteiger partial charge in [-0.3, -0.25) is 4.79 Å². The summed E-state index contributed by atoms with van der Waals surface area (Å²) < 4.78 is 5.61. The summed E-state index contributed by atoms with van der Waals surface area (Å²) in [7, 11) is 0. The smallest absolute Gasteiger partial charge is 0.258 e. The SMILES string of the molecule is CC(C)c1cccc(OCC(=O)NCc2ccc(N3CCCCC3)nc2)c1. The zero-order valence-electron chi connectivity index (χ0n) is 16.3. The topological polar surface area (TPSA) is 54.5 Å². The summed E-state index contributed by atoms with van der Waals surface area (Å²) in [6.07, 6.45) is 5.63. The Bertz CT molecular complexity index is 737. The van der Waals surface area contributed by atoms with Gasteiger partial charge in [0.15, 0.2) is 6.61 Å². The molecule has 0 spiro atoms. The highest BCUT2D eigenvalue weighted by molar-refractivity contribution is 5.77. The monoisotopic (exact) mass is 367 g/mol. The number of hydrogen-bond acceptors (Lipinski definition) is 4. The molecule has 1 N–H and O–H groups in total. The van der Waals surface area contributed by atoms with E-state index in [1.54, 1.807) is 0 Å². The molecule has 1 fully saturated rings. The first kappa shape index (κ1) is 19.2. The maximum absolute atomic E-state index is 12.1. The second kappa shape index (κ2) is 9.40. The molecule has 3 rings (SSSR count). The van der Waals surface area contributed by atoms with E-state index >= 15 is 0 Å². The Hall–Kier alpha value is -2.56. The van der Waals surface area contributed by atoms with Crippen LogP contribution in [0.1, 0.15) is 50.2 Å². The van der Waals surface area contributed by atoms with Gasteiger partial charge in [0.2, 0.25) is 0 Å². The fourth-order valence-electron chi connectivity index (χ4n) is 3.20. The first-order chi connectivity index (χ1) is 13.1. The summed E-state index contributed by atoms with van der Waals surface area (Å²) in [4.78, 5) is 18.9. The lowest BCUT2D eigenvalue weighted by Gasteiger charge is -2.27. The van der Waals surface area contributed by atoms with E-state index in [9.17, 15) is 4.79 Å². The van der Waals surface area contributed by atoms with Crippen molar-refractivity contribution >= 4 is 11.7 Å². The molecule has 0 aliphatic carbocycles. The molecule has 1 amide bonds. The molecule has 1 saturated heterocycles. The predicted molar refractivity (Wildman–Crippen MR) is 108 cm³/mol. The van der Waals surface area contributed by atoms with Crippen molar-refractivity contribution in [3.05, 3.63) is 53.7 Å². The number of hydrogen-bond donors (Lipinski definition) is 1. The molecule has 2 heterocycles. The van der Waals surface area contributed by atoms with E-state index in [1.165, 1.54) is 24.8 Å². The van der Waals surface area contributed by atoms with Gasteiger partial charge in [0.1, 0.15) is 11.6 Å². The van der Waals surface area contributed by atoms with Crippen LogP contribution >= 0.6 is 0 Å². The molecule has 0 atom stereocenters. The fourth-order valence-corrected chi connectivity index (χ4v) is 3.20. The third-order valence-corrected chi connectivity index (χ3v) is 4.87. The Labute approximate surface area is 161 Å². The number of pyridine rings is 1. The molecule has 0 unspecified atom stereocenters. The van der Waals surface area contributed by atoms with Gasteiger partial charge in [0, 0.05) is 25.8 Å². The third kappa shape index (κ3) is 5.71. The van der Waals surface area contributed by atoms with Gasteiger partial charge >= 0.3 is 0 Å². The van der Waals surface area contributed by atoms with Gasteiger partial charge in [0.25, 0.3) is 5.91 Å². The number of anilines is 1. The maximum atomic E-state index is 12.1. The van der Waals surface area contributed by atoms with E-state index in [-0.39, 0.29) is 12.5 Å². The van der Waals surface area contributed by atoms with Crippen LogP contribution in [0.2, 0.25) is 0 Å². The van der Waals surface area contributed by atoms with Crippen molar-refractivity contribution in [1.29, 1.82) is 0 Å². The summed E-state index contributed by atoms with van der Waals surface area (Å²) in [6.45, 7) is 6.91. The standard InChI is InChI=1S/C22H29N3O2/c1-17(2)19-7-6-8-20(13-19)27-16-22(26)24-15-18-9-10-21(23-14-18)25-11-4-3-5-12-25/h6-10,13-14,17H,3-5,11-12,15-16H2,1-2H3,(H,24,26). The van der Waals surface area contributed by atoms with Crippen LogP contribution in [-0.2, 0) is 11.3 Å². The number of carbonyl (C=O) groups excluding carboxylic acids is 1. The fraction of sp³-hybridized carbons (Fsp3) is 0.455. The Kier molecular flexibility index (Phi) is 6.69. The second-order valence-electron chi connectivity index (χ2n) is 7.36. The Morgan fingerprint density at radius 2 is 2.00 bits per heavy atom. The van der Waals surface area contributed by atoms with Crippen LogP contribution in [0.4, 0.5) is 5.82 Å². The number of ether oxygens (including phenoxy) is 1. The van der Waals surface area contributed by atoms with Crippen molar-refractivity contribution in [1.82, 2.24) is 10.3 Å². The molecule has 5 heteroatoms. The minimum Gasteiger partial charge on any atom is -0.484 e.